The van der Waals surface area contributed by atoms with E-state index < -0.39 is 0 Å². The Morgan fingerprint density at radius 1 is 0.889 bits per heavy atom. The van der Waals surface area contributed by atoms with E-state index in [1.807, 2.05) is 12.1 Å². The Morgan fingerprint density at radius 2 is 1.56 bits per heavy atom. The minimum atomic E-state index is 0.807. The number of rotatable bonds is 2. The third-order valence-corrected chi connectivity index (χ3v) is 3.75. The number of anilines is 3. The Kier molecular flexibility index (Phi) is 2.71. The molecule has 0 fully saturated rings. The molecule has 0 spiro atoms. The molecular formula is C16H18N2. The average molecular weight is 238 g/mol. The number of nitrogen functional groups attached to an aromatic ring is 1. The van der Waals surface area contributed by atoms with Crippen LogP contribution in [0.2, 0.25) is 0 Å². The van der Waals surface area contributed by atoms with Crippen molar-refractivity contribution < 1.29 is 0 Å². The van der Waals surface area contributed by atoms with Crippen LogP contribution in [0.3, 0.4) is 0 Å². The summed E-state index contributed by atoms with van der Waals surface area (Å²) in [4.78, 5) is 2.21. The summed E-state index contributed by atoms with van der Waals surface area (Å²) < 4.78 is 0. The molecule has 0 heterocycles. The molecule has 2 N–H and O–H groups in total. The van der Waals surface area contributed by atoms with Crippen LogP contribution in [-0.2, 0) is 12.8 Å². The lowest BCUT2D eigenvalue weighted by atomic mass is 10.1. The minimum Gasteiger partial charge on any atom is -0.399 e. The van der Waals surface area contributed by atoms with E-state index in [0.717, 1.165) is 5.69 Å². The predicted molar refractivity (Wildman–Crippen MR) is 77.4 cm³/mol. The fourth-order valence-electron chi connectivity index (χ4n) is 2.61. The van der Waals surface area contributed by atoms with Crippen LogP contribution in [0.4, 0.5) is 17.1 Å². The van der Waals surface area contributed by atoms with Gasteiger partial charge in [0, 0.05) is 24.1 Å². The highest BCUT2D eigenvalue weighted by atomic mass is 15.1. The molecule has 2 aromatic rings. The number of hydrogen-bond donors (Lipinski definition) is 1. The highest BCUT2D eigenvalue weighted by Crippen LogP contribution is 2.30. The van der Waals surface area contributed by atoms with Crippen molar-refractivity contribution in [2.45, 2.75) is 19.3 Å². The molecule has 0 aromatic heterocycles. The number of benzene rings is 2. The number of aryl methyl sites for hydroxylation is 2. The lowest BCUT2D eigenvalue weighted by molar-refractivity contribution is 0.911. The summed E-state index contributed by atoms with van der Waals surface area (Å²) in [6.07, 6.45) is 3.75. The molecule has 2 heteroatoms. The molecule has 0 aliphatic heterocycles. The molecule has 3 rings (SSSR count). The van der Waals surface area contributed by atoms with Crippen LogP contribution in [0.25, 0.3) is 0 Å². The number of nitrogens with zero attached hydrogens (tertiary/aromatic N) is 1. The van der Waals surface area contributed by atoms with Gasteiger partial charge in [-0.05, 0) is 66.8 Å². The fraction of sp³-hybridized carbons (Fsp3) is 0.250. The normalized spacial score (nSPS) is 13.4. The Bertz CT molecular complexity index is 558. The zero-order valence-corrected chi connectivity index (χ0v) is 10.7. The predicted octanol–water partition coefficient (Wildman–Crippen LogP) is 3.53. The third kappa shape index (κ3) is 1.94. The van der Waals surface area contributed by atoms with Crippen LogP contribution in [0.1, 0.15) is 17.5 Å². The molecule has 2 aromatic carbocycles. The first-order chi connectivity index (χ1) is 8.74. The molecule has 18 heavy (non-hydrogen) atoms. The molecule has 0 atom stereocenters. The van der Waals surface area contributed by atoms with Gasteiger partial charge in [-0.25, -0.2) is 0 Å². The molecule has 1 aliphatic rings. The molecule has 0 saturated carbocycles. The monoisotopic (exact) mass is 238 g/mol. The van der Waals surface area contributed by atoms with Gasteiger partial charge in [0.1, 0.15) is 0 Å². The van der Waals surface area contributed by atoms with E-state index in [4.69, 9.17) is 5.73 Å². The van der Waals surface area contributed by atoms with Crippen LogP contribution < -0.4 is 10.6 Å². The van der Waals surface area contributed by atoms with Crippen molar-refractivity contribution in [3.05, 3.63) is 53.6 Å². The van der Waals surface area contributed by atoms with E-state index in [-0.39, 0.29) is 0 Å². The molecule has 2 nitrogen and oxygen atoms in total. The maximum absolute atomic E-state index is 5.72. The molecule has 92 valence electrons. The minimum absolute atomic E-state index is 0.807. The molecule has 1 aliphatic carbocycles. The smallest absolute Gasteiger partial charge is 0.0411 e. The number of fused-ring (bicyclic) bond motifs is 1. The topological polar surface area (TPSA) is 29.3 Å². The number of hydrogen-bond acceptors (Lipinski definition) is 2. The molecule has 0 bridgehead atoms. The lowest BCUT2D eigenvalue weighted by Crippen LogP contribution is -2.09. The van der Waals surface area contributed by atoms with E-state index in [1.54, 1.807) is 0 Å². The Labute approximate surface area is 108 Å². The van der Waals surface area contributed by atoms with Crippen molar-refractivity contribution in [1.82, 2.24) is 0 Å². The lowest BCUT2D eigenvalue weighted by Gasteiger charge is -2.20. The summed E-state index contributed by atoms with van der Waals surface area (Å²) in [5.74, 6) is 0. The van der Waals surface area contributed by atoms with Crippen molar-refractivity contribution >= 4 is 17.1 Å². The van der Waals surface area contributed by atoms with Crippen molar-refractivity contribution in [1.29, 1.82) is 0 Å². The standard InChI is InChI=1S/C16H18N2/c1-18(15-9-6-14(17)7-10-15)16-8-5-12-3-2-4-13(12)11-16/h5-11H,2-4,17H2,1H3. The summed E-state index contributed by atoms with van der Waals surface area (Å²) in [5.41, 5.74) is 12.0. The molecule has 0 amide bonds. The zero-order chi connectivity index (χ0) is 12.5. The second-order valence-corrected chi connectivity index (χ2v) is 4.96. The van der Waals surface area contributed by atoms with Gasteiger partial charge < -0.3 is 10.6 Å². The van der Waals surface area contributed by atoms with Gasteiger partial charge in [-0.15, -0.1) is 0 Å². The van der Waals surface area contributed by atoms with E-state index in [9.17, 15) is 0 Å². The number of nitrogens with two attached hydrogens (primary N) is 1. The van der Waals surface area contributed by atoms with Crippen LogP contribution in [-0.4, -0.2) is 7.05 Å². The molecule has 0 saturated heterocycles. The maximum atomic E-state index is 5.72. The highest BCUT2D eigenvalue weighted by molar-refractivity contribution is 5.65. The summed E-state index contributed by atoms with van der Waals surface area (Å²) in [7, 11) is 2.10. The summed E-state index contributed by atoms with van der Waals surface area (Å²) >= 11 is 0. The quantitative estimate of drug-likeness (QED) is 0.811. The van der Waals surface area contributed by atoms with Crippen molar-refractivity contribution in [3.63, 3.8) is 0 Å². The first kappa shape index (κ1) is 11.1. The van der Waals surface area contributed by atoms with Crippen LogP contribution in [0, 0.1) is 0 Å². The SMILES string of the molecule is CN(c1ccc(N)cc1)c1ccc2c(c1)CCC2. The summed E-state index contributed by atoms with van der Waals surface area (Å²) in [5, 5.41) is 0. The van der Waals surface area contributed by atoms with Crippen molar-refractivity contribution in [2.24, 2.45) is 0 Å². The van der Waals surface area contributed by atoms with Crippen molar-refractivity contribution in [2.75, 3.05) is 17.7 Å². The highest BCUT2D eigenvalue weighted by Gasteiger charge is 2.12. The van der Waals surface area contributed by atoms with Crippen LogP contribution >= 0.6 is 0 Å². The fourth-order valence-corrected chi connectivity index (χ4v) is 2.61. The Morgan fingerprint density at radius 3 is 2.33 bits per heavy atom. The third-order valence-electron chi connectivity index (χ3n) is 3.75. The van der Waals surface area contributed by atoms with Gasteiger partial charge in [-0.3, -0.25) is 0 Å². The molecule has 0 radical (unpaired) electrons. The average Bonchev–Trinajstić information content (AvgIpc) is 2.86. The Hall–Kier alpha value is -1.96. The largest absolute Gasteiger partial charge is 0.399 e. The van der Waals surface area contributed by atoms with Gasteiger partial charge in [-0.2, -0.15) is 0 Å². The molecular weight excluding hydrogens is 220 g/mol. The maximum Gasteiger partial charge on any atom is 0.0411 e. The molecule has 0 unspecified atom stereocenters. The summed E-state index contributed by atoms with van der Waals surface area (Å²) in [6.45, 7) is 0. The van der Waals surface area contributed by atoms with Gasteiger partial charge >= 0.3 is 0 Å². The zero-order valence-electron chi connectivity index (χ0n) is 10.7. The second kappa shape index (κ2) is 4.37. The van der Waals surface area contributed by atoms with Gasteiger partial charge in [0.15, 0.2) is 0 Å². The van der Waals surface area contributed by atoms with E-state index in [1.165, 1.54) is 41.8 Å². The van der Waals surface area contributed by atoms with Gasteiger partial charge in [0.25, 0.3) is 0 Å². The van der Waals surface area contributed by atoms with Crippen molar-refractivity contribution in [3.8, 4) is 0 Å². The van der Waals surface area contributed by atoms with E-state index in [0.29, 0.717) is 0 Å². The second-order valence-electron chi connectivity index (χ2n) is 4.96. The van der Waals surface area contributed by atoms with Gasteiger partial charge in [0.2, 0.25) is 0 Å². The van der Waals surface area contributed by atoms with Gasteiger partial charge in [-0.1, -0.05) is 6.07 Å². The first-order valence-electron chi connectivity index (χ1n) is 6.45. The van der Waals surface area contributed by atoms with Gasteiger partial charge in [0.05, 0.1) is 0 Å². The Balaban J connectivity index is 1.92. The van der Waals surface area contributed by atoms with E-state index in [2.05, 4.69) is 42.3 Å². The van der Waals surface area contributed by atoms with Crippen LogP contribution in [0.15, 0.2) is 42.5 Å². The van der Waals surface area contributed by atoms with Crippen LogP contribution in [0.5, 0.6) is 0 Å². The first-order valence-corrected chi connectivity index (χ1v) is 6.45. The summed E-state index contributed by atoms with van der Waals surface area (Å²) in [6, 6.07) is 14.8. The van der Waals surface area contributed by atoms with E-state index >= 15 is 0 Å².